The first-order chi connectivity index (χ1) is 13.5. The standard InChI is InChI=1S/C22H21N3O3/c1-14-6-4-7-18(15(14)2)25-22(27)20-9-5-8-19(24-20)21(26)23-16-10-12-17(28-3)13-11-16/h4-13H,1-3H3,(H,23,26)(H,25,27). The molecular formula is C22H21N3O3. The Labute approximate surface area is 163 Å². The number of aromatic nitrogens is 1. The second-order valence-corrected chi connectivity index (χ2v) is 6.29. The number of nitrogens with zero attached hydrogens (tertiary/aromatic N) is 1. The maximum absolute atomic E-state index is 12.6. The van der Waals surface area contributed by atoms with Gasteiger partial charge in [-0.2, -0.15) is 0 Å². The molecule has 6 nitrogen and oxygen atoms in total. The molecule has 0 bridgehead atoms. The lowest BCUT2D eigenvalue weighted by atomic mass is 10.1. The van der Waals surface area contributed by atoms with Crippen LogP contribution < -0.4 is 15.4 Å². The number of carbonyl (C=O) groups is 2. The number of aryl methyl sites for hydroxylation is 1. The number of rotatable bonds is 5. The van der Waals surface area contributed by atoms with Gasteiger partial charge in [0.1, 0.15) is 17.1 Å². The Morgan fingerprint density at radius 1 is 0.821 bits per heavy atom. The molecule has 6 heteroatoms. The van der Waals surface area contributed by atoms with Crippen molar-refractivity contribution >= 4 is 23.2 Å². The lowest BCUT2D eigenvalue weighted by molar-refractivity contribution is 0.101. The first kappa shape index (κ1) is 19.1. The Morgan fingerprint density at radius 2 is 1.43 bits per heavy atom. The van der Waals surface area contributed by atoms with Gasteiger partial charge < -0.3 is 15.4 Å². The largest absolute Gasteiger partial charge is 0.497 e. The third kappa shape index (κ3) is 4.35. The molecule has 0 unspecified atom stereocenters. The molecule has 0 saturated carbocycles. The van der Waals surface area contributed by atoms with Gasteiger partial charge in [-0.05, 0) is 67.4 Å². The van der Waals surface area contributed by atoms with E-state index in [1.807, 2.05) is 32.0 Å². The molecule has 0 aliphatic heterocycles. The normalized spacial score (nSPS) is 10.2. The van der Waals surface area contributed by atoms with Gasteiger partial charge in [-0.15, -0.1) is 0 Å². The summed E-state index contributed by atoms with van der Waals surface area (Å²) in [6.45, 7) is 3.92. The number of carbonyl (C=O) groups excluding carboxylic acids is 2. The monoisotopic (exact) mass is 375 g/mol. The van der Waals surface area contributed by atoms with Crippen LogP contribution in [0.1, 0.15) is 32.1 Å². The number of hydrogen-bond donors (Lipinski definition) is 2. The zero-order valence-electron chi connectivity index (χ0n) is 15.9. The number of hydrogen-bond acceptors (Lipinski definition) is 4. The molecule has 28 heavy (non-hydrogen) atoms. The van der Waals surface area contributed by atoms with Gasteiger partial charge in [-0.25, -0.2) is 4.98 Å². The summed E-state index contributed by atoms with van der Waals surface area (Å²) in [6, 6.07) is 17.4. The first-order valence-corrected chi connectivity index (χ1v) is 8.78. The third-order valence-electron chi connectivity index (χ3n) is 4.42. The lowest BCUT2D eigenvalue weighted by Gasteiger charge is -2.11. The van der Waals surface area contributed by atoms with Crippen molar-refractivity contribution in [2.45, 2.75) is 13.8 Å². The number of anilines is 2. The highest BCUT2D eigenvalue weighted by atomic mass is 16.5. The van der Waals surface area contributed by atoms with Gasteiger partial charge in [0.15, 0.2) is 0 Å². The molecule has 3 aromatic rings. The van der Waals surface area contributed by atoms with Crippen LogP contribution in [0.15, 0.2) is 60.7 Å². The van der Waals surface area contributed by atoms with Crippen LogP contribution in [0.5, 0.6) is 5.75 Å². The Kier molecular flexibility index (Phi) is 5.69. The number of nitrogens with one attached hydrogen (secondary N) is 2. The summed E-state index contributed by atoms with van der Waals surface area (Å²) in [6.07, 6.45) is 0. The molecule has 1 heterocycles. The fourth-order valence-corrected chi connectivity index (χ4v) is 2.63. The Hall–Kier alpha value is -3.67. The molecule has 3 rings (SSSR count). The van der Waals surface area contributed by atoms with Crippen LogP contribution in [0.2, 0.25) is 0 Å². The minimum absolute atomic E-state index is 0.157. The number of methoxy groups -OCH3 is 1. The van der Waals surface area contributed by atoms with Gasteiger partial charge in [0, 0.05) is 11.4 Å². The van der Waals surface area contributed by atoms with E-state index < -0.39 is 5.91 Å². The van der Waals surface area contributed by atoms with Crippen molar-refractivity contribution in [2.75, 3.05) is 17.7 Å². The van der Waals surface area contributed by atoms with Crippen LogP contribution >= 0.6 is 0 Å². The summed E-state index contributed by atoms with van der Waals surface area (Å²) in [5.74, 6) is -0.0689. The minimum atomic E-state index is -0.397. The fraction of sp³-hybridized carbons (Fsp3) is 0.136. The average molecular weight is 375 g/mol. The number of amides is 2. The predicted octanol–water partition coefficient (Wildman–Crippen LogP) is 4.21. The SMILES string of the molecule is COc1ccc(NC(=O)c2cccc(C(=O)Nc3cccc(C)c3C)n2)cc1. The van der Waals surface area contributed by atoms with E-state index in [0.29, 0.717) is 11.4 Å². The van der Waals surface area contributed by atoms with E-state index in [9.17, 15) is 9.59 Å². The van der Waals surface area contributed by atoms with Crippen LogP contribution in [0, 0.1) is 13.8 Å². The van der Waals surface area contributed by atoms with Crippen molar-refractivity contribution in [3.63, 3.8) is 0 Å². The second kappa shape index (κ2) is 8.35. The van der Waals surface area contributed by atoms with Crippen LogP contribution in [0.4, 0.5) is 11.4 Å². The second-order valence-electron chi connectivity index (χ2n) is 6.29. The number of benzene rings is 2. The van der Waals surface area contributed by atoms with Crippen molar-refractivity contribution in [3.05, 3.63) is 83.2 Å². The minimum Gasteiger partial charge on any atom is -0.497 e. The summed E-state index contributed by atoms with van der Waals surface area (Å²) >= 11 is 0. The van der Waals surface area contributed by atoms with E-state index in [1.165, 1.54) is 0 Å². The molecule has 0 aliphatic rings. The summed E-state index contributed by atoms with van der Waals surface area (Å²) in [7, 11) is 1.58. The van der Waals surface area contributed by atoms with Crippen molar-refractivity contribution in [2.24, 2.45) is 0 Å². The summed E-state index contributed by atoms with van der Waals surface area (Å²) < 4.78 is 5.10. The number of ether oxygens (including phenoxy) is 1. The number of pyridine rings is 1. The lowest BCUT2D eigenvalue weighted by Crippen LogP contribution is -2.19. The zero-order chi connectivity index (χ0) is 20.1. The van der Waals surface area contributed by atoms with E-state index in [-0.39, 0.29) is 17.3 Å². The van der Waals surface area contributed by atoms with Gasteiger partial charge in [0.05, 0.1) is 7.11 Å². The molecule has 2 N–H and O–H groups in total. The van der Waals surface area contributed by atoms with E-state index in [2.05, 4.69) is 15.6 Å². The Balaban J connectivity index is 1.74. The van der Waals surface area contributed by atoms with Gasteiger partial charge in [-0.1, -0.05) is 18.2 Å². The van der Waals surface area contributed by atoms with Gasteiger partial charge >= 0.3 is 0 Å². The van der Waals surface area contributed by atoms with Crippen LogP contribution in [-0.4, -0.2) is 23.9 Å². The summed E-state index contributed by atoms with van der Waals surface area (Å²) in [4.78, 5) is 29.2. The van der Waals surface area contributed by atoms with E-state index in [0.717, 1.165) is 16.8 Å². The molecule has 0 atom stereocenters. The van der Waals surface area contributed by atoms with Crippen molar-refractivity contribution < 1.29 is 14.3 Å². The molecule has 0 fully saturated rings. The van der Waals surface area contributed by atoms with Crippen molar-refractivity contribution in [1.29, 1.82) is 0 Å². The van der Waals surface area contributed by atoms with Gasteiger partial charge in [-0.3, -0.25) is 9.59 Å². The topological polar surface area (TPSA) is 80.3 Å². The van der Waals surface area contributed by atoms with Crippen LogP contribution in [0.25, 0.3) is 0 Å². The first-order valence-electron chi connectivity index (χ1n) is 8.78. The molecule has 0 spiro atoms. The third-order valence-corrected chi connectivity index (χ3v) is 4.42. The molecule has 2 aromatic carbocycles. The smallest absolute Gasteiger partial charge is 0.274 e. The molecular weight excluding hydrogens is 354 g/mol. The van der Waals surface area contributed by atoms with Crippen LogP contribution in [-0.2, 0) is 0 Å². The van der Waals surface area contributed by atoms with Crippen molar-refractivity contribution in [3.8, 4) is 5.75 Å². The Bertz CT molecular complexity index is 1010. The highest BCUT2D eigenvalue weighted by molar-refractivity contribution is 6.06. The molecule has 2 amide bonds. The zero-order valence-corrected chi connectivity index (χ0v) is 15.9. The van der Waals surface area contributed by atoms with Crippen LogP contribution in [0.3, 0.4) is 0 Å². The van der Waals surface area contributed by atoms with E-state index >= 15 is 0 Å². The highest BCUT2D eigenvalue weighted by Crippen LogP contribution is 2.19. The maximum Gasteiger partial charge on any atom is 0.274 e. The van der Waals surface area contributed by atoms with Gasteiger partial charge in [0.25, 0.3) is 11.8 Å². The fourth-order valence-electron chi connectivity index (χ4n) is 2.63. The highest BCUT2D eigenvalue weighted by Gasteiger charge is 2.14. The quantitative estimate of drug-likeness (QED) is 0.700. The molecule has 0 aliphatic carbocycles. The van der Waals surface area contributed by atoms with Crippen molar-refractivity contribution in [1.82, 2.24) is 4.98 Å². The predicted molar refractivity (Wildman–Crippen MR) is 109 cm³/mol. The maximum atomic E-state index is 12.6. The molecule has 0 saturated heterocycles. The van der Waals surface area contributed by atoms with E-state index in [4.69, 9.17) is 4.74 Å². The molecule has 142 valence electrons. The van der Waals surface area contributed by atoms with E-state index in [1.54, 1.807) is 49.6 Å². The molecule has 1 aromatic heterocycles. The summed E-state index contributed by atoms with van der Waals surface area (Å²) in [5, 5.41) is 5.60. The summed E-state index contributed by atoms with van der Waals surface area (Å²) in [5.41, 5.74) is 3.73. The Morgan fingerprint density at radius 3 is 2.07 bits per heavy atom. The van der Waals surface area contributed by atoms with Gasteiger partial charge in [0.2, 0.25) is 0 Å². The molecule has 0 radical (unpaired) electrons. The average Bonchev–Trinajstić information content (AvgIpc) is 2.72.